The van der Waals surface area contributed by atoms with E-state index in [4.69, 9.17) is 11.6 Å². The molecule has 1 N–H and O–H groups in total. The summed E-state index contributed by atoms with van der Waals surface area (Å²) in [4.78, 5) is 2.04. The maximum absolute atomic E-state index is 13.8. The van der Waals surface area contributed by atoms with Crippen molar-refractivity contribution >= 4 is 17.7 Å². The molecule has 4 heteroatoms. The quantitative estimate of drug-likeness (QED) is 0.742. The van der Waals surface area contributed by atoms with Crippen molar-refractivity contribution in [2.45, 2.75) is 26.4 Å². The van der Waals surface area contributed by atoms with Crippen LogP contribution in [0, 0.1) is 18.7 Å². The van der Waals surface area contributed by atoms with Gasteiger partial charge in [-0.15, -0.1) is 0 Å². The number of aliphatic hydroxyl groups is 1. The standard InChI is InChI=1S/C22H27ClFNO/c1-15-12-19(8-11-21(15)24)22(26,17(3)14-25(4)5)16(2)13-18-6-9-20(23)10-7-18/h6-13,17,26H,14H2,1-5H3. The fraction of sp³-hybridized carbons (Fsp3) is 0.364. The van der Waals surface area contributed by atoms with Crippen LogP contribution in [-0.4, -0.2) is 30.6 Å². The summed E-state index contributed by atoms with van der Waals surface area (Å²) < 4.78 is 13.8. The van der Waals surface area contributed by atoms with E-state index in [2.05, 4.69) is 0 Å². The first-order chi connectivity index (χ1) is 12.1. The zero-order valence-electron chi connectivity index (χ0n) is 16.1. The normalized spacial score (nSPS) is 15.8. The second-order valence-electron chi connectivity index (χ2n) is 7.27. The number of aryl methyl sites for hydroxylation is 1. The van der Waals surface area contributed by atoms with Gasteiger partial charge in [0.25, 0.3) is 0 Å². The van der Waals surface area contributed by atoms with E-state index in [1.54, 1.807) is 19.1 Å². The molecule has 2 unspecified atom stereocenters. The van der Waals surface area contributed by atoms with Gasteiger partial charge in [0, 0.05) is 17.5 Å². The first-order valence-corrected chi connectivity index (χ1v) is 9.10. The minimum atomic E-state index is -1.21. The molecule has 0 saturated carbocycles. The molecule has 0 aliphatic rings. The van der Waals surface area contributed by atoms with E-state index in [1.807, 2.05) is 63.2 Å². The molecular formula is C22H27ClFNO. The monoisotopic (exact) mass is 375 g/mol. The second-order valence-corrected chi connectivity index (χ2v) is 7.71. The summed E-state index contributed by atoms with van der Waals surface area (Å²) >= 11 is 5.96. The Balaban J connectivity index is 2.54. The van der Waals surface area contributed by atoms with Crippen LogP contribution in [0.3, 0.4) is 0 Å². The van der Waals surface area contributed by atoms with Gasteiger partial charge in [-0.2, -0.15) is 0 Å². The lowest BCUT2D eigenvalue weighted by atomic mass is 9.76. The lowest BCUT2D eigenvalue weighted by Gasteiger charge is -2.37. The number of rotatable bonds is 6. The van der Waals surface area contributed by atoms with E-state index in [1.165, 1.54) is 6.07 Å². The maximum Gasteiger partial charge on any atom is 0.126 e. The van der Waals surface area contributed by atoms with Crippen LogP contribution in [0.2, 0.25) is 5.02 Å². The molecule has 2 aromatic rings. The SMILES string of the molecule is CC(=Cc1ccc(Cl)cc1)C(O)(c1ccc(F)c(C)c1)C(C)CN(C)C. The Morgan fingerprint density at radius 3 is 2.38 bits per heavy atom. The van der Waals surface area contributed by atoms with Gasteiger partial charge in [-0.1, -0.05) is 42.8 Å². The highest BCUT2D eigenvalue weighted by atomic mass is 35.5. The Bertz CT molecular complexity index is 785. The number of benzene rings is 2. The fourth-order valence-corrected chi connectivity index (χ4v) is 3.51. The summed E-state index contributed by atoms with van der Waals surface area (Å²) in [6.07, 6.45) is 1.96. The molecule has 0 aliphatic heterocycles. The Labute approximate surface area is 160 Å². The molecule has 0 aromatic heterocycles. The highest BCUT2D eigenvalue weighted by Crippen LogP contribution is 2.38. The second kappa shape index (κ2) is 8.34. The van der Waals surface area contributed by atoms with E-state index < -0.39 is 5.60 Å². The van der Waals surface area contributed by atoms with Gasteiger partial charge < -0.3 is 10.0 Å². The average molecular weight is 376 g/mol. The molecule has 0 aliphatic carbocycles. The van der Waals surface area contributed by atoms with Crippen molar-refractivity contribution in [3.05, 3.63) is 75.6 Å². The third kappa shape index (κ3) is 4.53. The molecule has 0 saturated heterocycles. The number of hydrogen-bond acceptors (Lipinski definition) is 2. The van der Waals surface area contributed by atoms with Crippen LogP contribution in [0.5, 0.6) is 0 Å². The summed E-state index contributed by atoms with van der Waals surface area (Å²) in [5.74, 6) is -0.360. The Morgan fingerprint density at radius 1 is 1.23 bits per heavy atom. The molecule has 2 nitrogen and oxygen atoms in total. The number of halogens is 2. The average Bonchev–Trinajstić information content (AvgIpc) is 2.57. The molecule has 0 spiro atoms. The first kappa shape index (κ1) is 20.6. The minimum absolute atomic E-state index is 0.0917. The summed E-state index contributed by atoms with van der Waals surface area (Å²) in [6.45, 7) is 6.34. The van der Waals surface area contributed by atoms with Crippen molar-refractivity contribution in [2.75, 3.05) is 20.6 Å². The molecule has 2 aromatic carbocycles. The largest absolute Gasteiger partial charge is 0.380 e. The van der Waals surface area contributed by atoms with Gasteiger partial charge >= 0.3 is 0 Å². The third-order valence-electron chi connectivity index (χ3n) is 4.80. The Morgan fingerprint density at radius 2 is 1.85 bits per heavy atom. The summed E-state index contributed by atoms with van der Waals surface area (Å²) in [5.41, 5.74) is 1.79. The molecule has 0 fully saturated rings. The van der Waals surface area contributed by atoms with Gasteiger partial charge in [-0.05, 0) is 74.5 Å². The van der Waals surface area contributed by atoms with Crippen LogP contribution >= 0.6 is 11.6 Å². The fourth-order valence-electron chi connectivity index (χ4n) is 3.38. The maximum atomic E-state index is 13.8. The van der Waals surface area contributed by atoms with Gasteiger partial charge in [-0.3, -0.25) is 0 Å². The lowest BCUT2D eigenvalue weighted by molar-refractivity contribution is 0.0104. The zero-order chi connectivity index (χ0) is 19.5. The van der Waals surface area contributed by atoms with Gasteiger partial charge in [0.15, 0.2) is 0 Å². The van der Waals surface area contributed by atoms with Crippen molar-refractivity contribution in [3.8, 4) is 0 Å². The van der Waals surface area contributed by atoms with E-state index in [-0.39, 0.29) is 11.7 Å². The van der Waals surface area contributed by atoms with Crippen LogP contribution in [0.25, 0.3) is 6.08 Å². The molecule has 140 valence electrons. The lowest BCUT2D eigenvalue weighted by Crippen LogP contribution is -2.40. The molecule has 2 atom stereocenters. The molecule has 26 heavy (non-hydrogen) atoms. The van der Waals surface area contributed by atoms with Gasteiger partial charge in [-0.25, -0.2) is 4.39 Å². The Kier molecular flexibility index (Phi) is 6.62. The third-order valence-corrected chi connectivity index (χ3v) is 5.06. The Hall–Kier alpha value is -1.68. The summed E-state index contributed by atoms with van der Waals surface area (Å²) in [5, 5.41) is 12.4. The van der Waals surface area contributed by atoms with E-state index in [0.29, 0.717) is 22.7 Å². The van der Waals surface area contributed by atoms with Crippen LogP contribution in [0.1, 0.15) is 30.5 Å². The topological polar surface area (TPSA) is 23.5 Å². The van der Waals surface area contributed by atoms with E-state index >= 15 is 0 Å². The molecule has 0 amide bonds. The van der Waals surface area contributed by atoms with Crippen molar-refractivity contribution in [3.63, 3.8) is 0 Å². The highest BCUT2D eigenvalue weighted by Gasteiger charge is 2.38. The predicted octanol–water partition coefficient (Wildman–Crippen LogP) is 5.28. The zero-order valence-corrected chi connectivity index (χ0v) is 16.8. The van der Waals surface area contributed by atoms with Crippen molar-refractivity contribution in [1.29, 1.82) is 0 Å². The van der Waals surface area contributed by atoms with Crippen LogP contribution in [-0.2, 0) is 5.60 Å². The first-order valence-electron chi connectivity index (χ1n) is 8.72. The van der Waals surface area contributed by atoms with Gasteiger partial charge in [0.05, 0.1) is 0 Å². The van der Waals surface area contributed by atoms with E-state index in [0.717, 1.165) is 11.1 Å². The molecule has 0 heterocycles. The van der Waals surface area contributed by atoms with Crippen LogP contribution < -0.4 is 0 Å². The molecule has 0 bridgehead atoms. The minimum Gasteiger partial charge on any atom is -0.380 e. The number of nitrogens with zero attached hydrogens (tertiary/aromatic N) is 1. The van der Waals surface area contributed by atoms with Gasteiger partial charge in [0.2, 0.25) is 0 Å². The predicted molar refractivity (Wildman–Crippen MR) is 108 cm³/mol. The van der Waals surface area contributed by atoms with Crippen LogP contribution in [0.15, 0.2) is 48.0 Å². The molecule has 0 radical (unpaired) electrons. The van der Waals surface area contributed by atoms with E-state index in [9.17, 15) is 9.50 Å². The summed E-state index contributed by atoms with van der Waals surface area (Å²) in [7, 11) is 3.95. The molecule has 2 rings (SSSR count). The smallest absolute Gasteiger partial charge is 0.126 e. The van der Waals surface area contributed by atoms with Gasteiger partial charge in [0.1, 0.15) is 11.4 Å². The summed E-state index contributed by atoms with van der Waals surface area (Å²) in [6, 6.07) is 12.3. The highest BCUT2D eigenvalue weighted by molar-refractivity contribution is 6.30. The van der Waals surface area contributed by atoms with Crippen LogP contribution in [0.4, 0.5) is 4.39 Å². The number of hydrogen-bond donors (Lipinski definition) is 1. The van der Waals surface area contributed by atoms with Crippen molar-refractivity contribution in [1.82, 2.24) is 4.90 Å². The molecular weight excluding hydrogens is 349 g/mol. The van der Waals surface area contributed by atoms with Crippen molar-refractivity contribution in [2.24, 2.45) is 5.92 Å². The van der Waals surface area contributed by atoms with Crippen molar-refractivity contribution < 1.29 is 9.50 Å².